The summed E-state index contributed by atoms with van der Waals surface area (Å²) < 4.78 is 5.61. The summed E-state index contributed by atoms with van der Waals surface area (Å²) in [6.45, 7) is 0. The Morgan fingerprint density at radius 2 is 2.04 bits per heavy atom. The number of hydrogen-bond donors (Lipinski definition) is 3. The van der Waals surface area contributed by atoms with Crippen LogP contribution in [0.25, 0.3) is 17.1 Å². The zero-order chi connectivity index (χ0) is 18.1. The number of pyridine rings is 1. The van der Waals surface area contributed by atoms with Gasteiger partial charge in [-0.3, -0.25) is 9.59 Å². The smallest absolute Gasteiger partial charge is 0.248 e. The molecular weight excluding hydrogens is 332 g/mol. The van der Waals surface area contributed by atoms with Crippen LogP contribution in [0.1, 0.15) is 15.9 Å². The lowest BCUT2D eigenvalue weighted by atomic mass is 10.2. The van der Waals surface area contributed by atoms with Crippen LogP contribution in [0.4, 0.5) is 5.69 Å². The molecule has 7 heteroatoms. The minimum Gasteiger partial charge on any atom is -0.437 e. The van der Waals surface area contributed by atoms with Crippen molar-refractivity contribution < 1.29 is 14.3 Å². The minimum atomic E-state index is -0.499. The maximum absolute atomic E-state index is 12.2. The van der Waals surface area contributed by atoms with Crippen LogP contribution in [0.5, 0.6) is 0 Å². The molecule has 0 fully saturated rings. The second-order valence-electron chi connectivity index (χ2n) is 5.69. The predicted octanol–water partition coefficient (Wildman–Crippen LogP) is 2.56. The van der Waals surface area contributed by atoms with E-state index >= 15 is 0 Å². The Morgan fingerprint density at radius 1 is 1.23 bits per heavy atom. The van der Waals surface area contributed by atoms with Crippen molar-refractivity contribution in [2.24, 2.45) is 5.73 Å². The van der Waals surface area contributed by atoms with Gasteiger partial charge in [-0.2, -0.15) is 0 Å². The van der Waals surface area contributed by atoms with E-state index in [0.717, 1.165) is 16.6 Å². The molecule has 128 valence electrons. The minimum absolute atomic E-state index is 0.214. The molecule has 0 saturated heterocycles. The highest BCUT2D eigenvalue weighted by molar-refractivity contribution is 6.09. The summed E-state index contributed by atoms with van der Waals surface area (Å²) in [5, 5.41) is 3.89. The SMILES string of the molecule is NC(=O)c1ccc(NC2=CC(=O)/C(=C\c3c[nH]c4ncccc34)O2)cc1. The van der Waals surface area contributed by atoms with Gasteiger partial charge in [-0.05, 0) is 42.5 Å². The number of fused-ring (bicyclic) bond motifs is 1. The monoisotopic (exact) mass is 346 g/mol. The number of carbonyl (C=O) groups excluding carboxylic acids is 2. The topological polar surface area (TPSA) is 110 Å². The fraction of sp³-hybridized carbons (Fsp3) is 0. The van der Waals surface area contributed by atoms with E-state index < -0.39 is 5.91 Å². The van der Waals surface area contributed by atoms with Crippen LogP contribution < -0.4 is 11.1 Å². The third kappa shape index (κ3) is 2.93. The van der Waals surface area contributed by atoms with Gasteiger partial charge in [0.1, 0.15) is 5.65 Å². The maximum atomic E-state index is 12.2. The van der Waals surface area contributed by atoms with E-state index in [1.54, 1.807) is 42.7 Å². The maximum Gasteiger partial charge on any atom is 0.248 e. The first-order valence-corrected chi connectivity index (χ1v) is 7.85. The number of primary amides is 1. The number of ether oxygens (including phenoxy) is 1. The second-order valence-corrected chi connectivity index (χ2v) is 5.69. The number of nitrogens with one attached hydrogen (secondary N) is 2. The van der Waals surface area contributed by atoms with Crippen LogP contribution >= 0.6 is 0 Å². The highest BCUT2D eigenvalue weighted by Crippen LogP contribution is 2.25. The number of anilines is 1. The van der Waals surface area contributed by atoms with Gasteiger partial charge in [-0.1, -0.05) is 0 Å². The van der Waals surface area contributed by atoms with Crippen LogP contribution in [-0.4, -0.2) is 21.7 Å². The van der Waals surface area contributed by atoms with Gasteiger partial charge in [-0.15, -0.1) is 0 Å². The van der Waals surface area contributed by atoms with E-state index in [2.05, 4.69) is 15.3 Å². The number of nitrogens with two attached hydrogens (primary N) is 1. The number of carbonyl (C=O) groups is 2. The van der Waals surface area contributed by atoms with Crippen LogP contribution in [-0.2, 0) is 9.53 Å². The largest absolute Gasteiger partial charge is 0.437 e. The number of benzene rings is 1. The van der Waals surface area contributed by atoms with Crippen LogP contribution in [0.15, 0.2) is 66.5 Å². The predicted molar refractivity (Wildman–Crippen MR) is 96.8 cm³/mol. The number of H-pyrrole nitrogens is 1. The van der Waals surface area contributed by atoms with Crippen molar-refractivity contribution in [2.75, 3.05) is 5.32 Å². The normalized spacial score (nSPS) is 15.2. The van der Waals surface area contributed by atoms with E-state index in [0.29, 0.717) is 17.1 Å². The third-order valence-corrected chi connectivity index (χ3v) is 3.93. The van der Waals surface area contributed by atoms with Crippen molar-refractivity contribution in [1.29, 1.82) is 0 Å². The molecule has 3 heterocycles. The average molecular weight is 346 g/mol. The lowest BCUT2D eigenvalue weighted by Crippen LogP contribution is -2.10. The Hall–Kier alpha value is -3.87. The zero-order valence-corrected chi connectivity index (χ0v) is 13.5. The number of aromatic nitrogens is 2. The molecule has 0 radical (unpaired) electrons. The van der Waals surface area contributed by atoms with E-state index in [4.69, 9.17) is 10.5 Å². The number of ketones is 1. The Balaban J connectivity index is 1.52. The van der Waals surface area contributed by atoms with Gasteiger partial charge < -0.3 is 20.8 Å². The Kier molecular flexibility index (Phi) is 3.74. The summed E-state index contributed by atoms with van der Waals surface area (Å²) >= 11 is 0. The Bertz CT molecular complexity index is 1080. The standard InChI is InChI=1S/C19H14N4O3/c20-18(25)11-3-5-13(6-4-11)23-17-9-15(24)16(26-17)8-12-10-22-19-14(12)2-1-7-21-19/h1-10,23H,(H2,20,25)(H,21,22)/b16-8+. The van der Waals surface area contributed by atoms with Gasteiger partial charge in [0.2, 0.25) is 17.6 Å². The zero-order valence-electron chi connectivity index (χ0n) is 13.5. The van der Waals surface area contributed by atoms with E-state index in [-0.39, 0.29) is 11.5 Å². The van der Waals surface area contributed by atoms with Crippen molar-refractivity contribution >= 4 is 34.5 Å². The molecule has 0 saturated carbocycles. The molecule has 26 heavy (non-hydrogen) atoms. The molecule has 7 nitrogen and oxygen atoms in total. The van der Waals surface area contributed by atoms with Crippen molar-refractivity contribution in [1.82, 2.24) is 9.97 Å². The Labute approximate surface area is 148 Å². The van der Waals surface area contributed by atoms with Gasteiger partial charge in [0.15, 0.2) is 5.76 Å². The van der Waals surface area contributed by atoms with Crippen LogP contribution in [0.2, 0.25) is 0 Å². The lowest BCUT2D eigenvalue weighted by Gasteiger charge is -2.08. The summed E-state index contributed by atoms with van der Waals surface area (Å²) in [6, 6.07) is 10.3. The van der Waals surface area contributed by atoms with Crippen molar-refractivity contribution in [2.45, 2.75) is 0 Å². The van der Waals surface area contributed by atoms with Gasteiger partial charge in [0.25, 0.3) is 0 Å². The fourth-order valence-electron chi connectivity index (χ4n) is 2.65. The van der Waals surface area contributed by atoms with Gasteiger partial charge in [-0.25, -0.2) is 4.98 Å². The van der Waals surface area contributed by atoms with Gasteiger partial charge in [0, 0.05) is 34.6 Å². The summed E-state index contributed by atoms with van der Waals surface area (Å²) in [7, 11) is 0. The molecule has 1 amide bonds. The molecule has 0 bridgehead atoms. The summed E-state index contributed by atoms with van der Waals surface area (Å²) in [6.07, 6.45) is 6.51. The highest BCUT2D eigenvalue weighted by atomic mass is 16.5. The van der Waals surface area contributed by atoms with Crippen molar-refractivity contribution in [3.63, 3.8) is 0 Å². The van der Waals surface area contributed by atoms with Crippen molar-refractivity contribution in [3.05, 3.63) is 77.6 Å². The molecular formula is C19H14N4O3. The molecule has 1 aliphatic heterocycles. The fourth-order valence-corrected chi connectivity index (χ4v) is 2.65. The summed E-state index contributed by atoms with van der Waals surface area (Å²) in [5.41, 5.74) is 7.85. The molecule has 2 aromatic heterocycles. The van der Waals surface area contributed by atoms with Crippen LogP contribution in [0, 0.1) is 0 Å². The quantitative estimate of drug-likeness (QED) is 0.629. The number of nitrogens with zero attached hydrogens (tertiary/aromatic N) is 1. The average Bonchev–Trinajstić information content (AvgIpc) is 3.20. The molecule has 1 aliphatic rings. The van der Waals surface area contributed by atoms with Crippen molar-refractivity contribution in [3.8, 4) is 0 Å². The molecule has 1 aromatic carbocycles. The van der Waals surface area contributed by atoms with Gasteiger partial charge in [0.05, 0.1) is 6.08 Å². The number of amides is 1. The van der Waals surface area contributed by atoms with Gasteiger partial charge >= 0.3 is 0 Å². The van der Waals surface area contributed by atoms with E-state index in [1.807, 2.05) is 12.1 Å². The molecule has 0 atom stereocenters. The Morgan fingerprint density at radius 3 is 2.81 bits per heavy atom. The molecule has 3 aromatic rings. The summed E-state index contributed by atoms with van der Waals surface area (Å²) in [4.78, 5) is 30.5. The highest BCUT2D eigenvalue weighted by Gasteiger charge is 2.21. The number of allylic oxidation sites excluding steroid dienone is 1. The number of aromatic amines is 1. The number of rotatable bonds is 4. The van der Waals surface area contributed by atoms with E-state index in [9.17, 15) is 9.59 Å². The lowest BCUT2D eigenvalue weighted by molar-refractivity contribution is -0.112. The van der Waals surface area contributed by atoms with E-state index in [1.165, 1.54) is 6.08 Å². The second kappa shape index (κ2) is 6.21. The third-order valence-electron chi connectivity index (χ3n) is 3.93. The first kappa shape index (κ1) is 15.6. The molecule has 0 aliphatic carbocycles. The summed E-state index contributed by atoms with van der Waals surface area (Å²) in [5.74, 6) is -0.210. The molecule has 0 unspecified atom stereocenters. The molecule has 0 spiro atoms. The first-order chi connectivity index (χ1) is 12.6. The van der Waals surface area contributed by atoms with Crippen LogP contribution in [0.3, 0.4) is 0 Å². The molecule has 4 N–H and O–H groups in total. The number of hydrogen-bond acceptors (Lipinski definition) is 5. The molecule has 4 rings (SSSR count). The first-order valence-electron chi connectivity index (χ1n) is 7.85.